The number of carbonyl (C=O) groups is 3. The Labute approximate surface area is 135 Å². The smallest absolute Gasteiger partial charge is 0.335 e. The molecule has 0 heterocycles. The van der Waals surface area contributed by atoms with Crippen molar-refractivity contribution in [1.82, 2.24) is 5.32 Å². The summed E-state index contributed by atoms with van der Waals surface area (Å²) in [6, 6.07) is 5.87. The third-order valence-electron chi connectivity index (χ3n) is 4.06. The highest BCUT2D eigenvalue weighted by molar-refractivity contribution is 5.95. The Balaban J connectivity index is 1.71. The van der Waals surface area contributed by atoms with Crippen molar-refractivity contribution >= 4 is 23.5 Å². The van der Waals surface area contributed by atoms with Gasteiger partial charge in [-0.1, -0.05) is 19.3 Å². The zero-order valence-corrected chi connectivity index (χ0v) is 13.0. The molecule has 1 aliphatic rings. The second kappa shape index (κ2) is 8.31. The molecule has 0 saturated heterocycles. The van der Waals surface area contributed by atoms with Crippen LogP contribution in [0.15, 0.2) is 24.3 Å². The minimum Gasteiger partial charge on any atom is -0.478 e. The van der Waals surface area contributed by atoms with Gasteiger partial charge >= 0.3 is 5.97 Å². The molecule has 6 nitrogen and oxygen atoms in total. The molecule has 0 atom stereocenters. The predicted molar refractivity (Wildman–Crippen MR) is 86.2 cm³/mol. The molecule has 0 aromatic heterocycles. The van der Waals surface area contributed by atoms with Crippen molar-refractivity contribution in [3.63, 3.8) is 0 Å². The fraction of sp³-hybridized carbons (Fsp3) is 0.471. The second-order valence-electron chi connectivity index (χ2n) is 5.92. The summed E-state index contributed by atoms with van der Waals surface area (Å²) < 4.78 is 0. The molecular formula is C17H22N2O4. The van der Waals surface area contributed by atoms with Crippen LogP contribution < -0.4 is 10.6 Å². The van der Waals surface area contributed by atoms with E-state index in [2.05, 4.69) is 10.6 Å². The average Bonchev–Trinajstić information content (AvgIpc) is 2.54. The first-order chi connectivity index (χ1) is 11.0. The molecule has 3 N–H and O–H groups in total. The summed E-state index contributed by atoms with van der Waals surface area (Å²) in [5.74, 6) is -0.994. The highest BCUT2D eigenvalue weighted by Gasteiger charge is 2.17. The van der Waals surface area contributed by atoms with Gasteiger partial charge in [0.1, 0.15) is 0 Å². The molecule has 1 fully saturated rings. The molecule has 1 aliphatic carbocycles. The highest BCUT2D eigenvalue weighted by Crippen LogP contribution is 2.25. The molecule has 1 aromatic rings. The number of rotatable bonds is 6. The van der Waals surface area contributed by atoms with Crippen molar-refractivity contribution in [2.24, 2.45) is 5.92 Å². The van der Waals surface area contributed by atoms with Gasteiger partial charge in [0.05, 0.1) is 12.1 Å². The number of carboxylic acids is 1. The zero-order chi connectivity index (χ0) is 16.7. The van der Waals surface area contributed by atoms with Gasteiger partial charge in [-0.25, -0.2) is 4.79 Å². The number of anilines is 1. The molecule has 2 amide bonds. The summed E-state index contributed by atoms with van der Waals surface area (Å²) in [6.45, 7) is -0.0771. The van der Waals surface area contributed by atoms with E-state index in [-0.39, 0.29) is 23.9 Å². The Morgan fingerprint density at radius 3 is 2.26 bits per heavy atom. The third kappa shape index (κ3) is 5.73. The van der Waals surface area contributed by atoms with Crippen molar-refractivity contribution in [3.8, 4) is 0 Å². The van der Waals surface area contributed by atoms with Crippen LogP contribution in [0, 0.1) is 5.92 Å². The Morgan fingerprint density at radius 1 is 1.00 bits per heavy atom. The van der Waals surface area contributed by atoms with E-state index in [1.807, 2.05) is 0 Å². The summed E-state index contributed by atoms with van der Waals surface area (Å²) in [5, 5.41) is 14.1. The summed E-state index contributed by atoms with van der Waals surface area (Å²) in [7, 11) is 0. The predicted octanol–water partition coefficient (Wildman–Crippen LogP) is 2.41. The average molecular weight is 318 g/mol. The molecule has 0 unspecified atom stereocenters. The van der Waals surface area contributed by atoms with Crippen LogP contribution in [0.3, 0.4) is 0 Å². The number of carboxylic acid groups (broad SMARTS) is 1. The van der Waals surface area contributed by atoms with E-state index in [1.165, 1.54) is 43.5 Å². The first-order valence-electron chi connectivity index (χ1n) is 7.94. The maximum absolute atomic E-state index is 11.8. The summed E-state index contributed by atoms with van der Waals surface area (Å²) in [5.41, 5.74) is 0.658. The largest absolute Gasteiger partial charge is 0.478 e. The van der Waals surface area contributed by atoms with Gasteiger partial charge in [0, 0.05) is 12.1 Å². The number of hydrogen-bond donors (Lipinski definition) is 3. The number of carbonyl (C=O) groups excluding carboxylic acids is 2. The van der Waals surface area contributed by atoms with E-state index in [9.17, 15) is 14.4 Å². The minimum atomic E-state index is -1.02. The maximum Gasteiger partial charge on any atom is 0.335 e. The van der Waals surface area contributed by atoms with Gasteiger partial charge in [0.25, 0.3) is 0 Å². The van der Waals surface area contributed by atoms with Crippen LogP contribution in [-0.4, -0.2) is 29.4 Å². The maximum atomic E-state index is 11.8. The van der Waals surface area contributed by atoms with Crippen molar-refractivity contribution in [1.29, 1.82) is 0 Å². The number of hydrogen-bond acceptors (Lipinski definition) is 3. The quantitative estimate of drug-likeness (QED) is 0.750. The first kappa shape index (κ1) is 17.0. The van der Waals surface area contributed by atoms with Gasteiger partial charge in [-0.2, -0.15) is 0 Å². The lowest BCUT2D eigenvalue weighted by Crippen LogP contribution is -2.34. The fourth-order valence-electron chi connectivity index (χ4n) is 2.81. The summed E-state index contributed by atoms with van der Waals surface area (Å²) in [6.07, 6.45) is 6.29. The summed E-state index contributed by atoms with van der Waals surface area (Å²) >= 11 is 0. The third-order valence-corrected chi connectivity index (χ3v) is 4.06. The van der Waals surface area contributed by atoms with Gasteiger partial charge in [0.2, 0.25) is 11.8 Å². The molecule has 0 radical (unpaired) electrons. The summed E-state index contributed by atoms with van der Waals surface area (Å²) in [4.78, 5) is 34.4. The monoisotopic (exact) mass is 318 g/mol. The topological polar surface area (TPSA) is 95.5 Å². The Kier molecular flexibility index (Phi) is 6.14. The van der Waals surface area contributed by atoms with Gasteiger partial charge < -0.3 is 15.7 Å². The standard InChI is InChI=1S/C17H22N2O4/c20-15(10-12-4-2-1-3-5-12)18-11-16(21)19-14-8-6-13(7-9-14)17(22)23/h6-9,12H,1-5,10-11H2,(H,18,20)(H,19,21)(H,22,23). The van der Waals surface area contributed by atoms with E-state index in [1.54, 1.807) is 0 Å². The number of nitrogens with one attached hydrogen (secondary N) is 2. The van der Waals surface area contributed by atoms with E-state index in [0.717, 1.165) is 12.8 Å². The van der Waals surface area contributed by atoms with Crippen LogP contribution in [0.5, 0.6) is 0 Å². The number of amides is 2. The number of aromatic carboxylic acids is 1. The lowest BCUT2D eigenvalue weighted by Gasteiger charge is -2.20. The molecule has 124 valence electrons. The molecule has 2 rings (SSSR count). The van der Waals surface area contributed by atoms with E-state index in [0.29, 0.717) is 18.0 Å². The van der Waals surface area contributed by atoms with E-state index in [4.69, 9.17) is 5.11 Å². The lowest BCUT2D eigenvalue weighted by atomic mass is 9.87. The van der Waals surface area contributed by atoms with Crippen molar-refractivity contribution in [2.75, 3.05) is 11.9 Å². The van der Waals surface area contributed by atoms with Crippen molar-refractivity contribution in [2.45, 2.75) is 38.5 Å². The van der Waals surface area contributed by atoms with Crippen molar-refractivity contribution in [3.05, 3.63) is 29.8 Å². The molecule has 0 spiro atoms. The van der Waals surface area contributed by atoms with Gasteiger partial charge in [-0.15, -0.1) is 0 Å². The Bertz CT molecular complexity index is 562. The molecule has 0 aliphatic heterocycles. The normalized spacial score (nSPS) is 15.0. The van der Waals surface area contributed by atoms with Gasteiger partial charge in [-0.05, 0) is 43.0 Å². The highest BCUT2D eigenvalue weighted by atomic mass is 16.4. The van der Waals surface area contributed by atoms with Crippen LogP contribution in [-0.2, 0) is 9.59 Å². The Hall–Kier alpha value is -2.37. The lowest BCUT2D eigenvalue weighted by molar-refractivity contribution is -0.125. The zero-order valence-electron chi connectivity index (χ0n) is 13.0. The van der Waals surface area contributed by atoms with Crippen LogP contribution in [0.4, 0.5) is 5.69 Å². The van der Waals surface area contributed by atoms with Gasteiger partial charge in [-0.3, -0.25) is 9.59 Å². The van der Waals surface area contributed by atoms with Crippen LogP contribution >= 0.6 is 0 Å². The van der Waals surface area contributed by atoms with Gasteiger partial charge in [0.15, 0.2) is 0 Å². The molecule has 6 heteroatoms. The number of benzene rings is 1. The fourth-order valence-corrected chi connectivity index (χ4v) is 2.81. The van der Waals surface area contributed by atoms with Crippen LogP contribution in [0.25, 0.3) is 0 Å². The van der Waals surface area contributed by atoms with E-state index < -0.39 is 5.97 Å². The SMILES string of the molecule is O=C(CC1CCCCC1)NCC(=O)Nc1ccc(C(=O)O)cc1. The van der Waals surface area contributed by atoms with Crippen LogP contribution in [0.2, 0.25) is 0 Å². The second-order valence-corrected chi connectivity index (χ2v) is 5.92. The Morgan fingerprint density at radius 2 is 1.65 bits per heavy atom. The molecule has 23 heavy (non-hydrogen) atoms. The molecular weight excluding hydrogens is 296 g/mol. The van der Waals surface area contributed by atoms with Crippen molar-refractivity contribution < 1.29 is 19.5 Å². The molecule has 1 aromatic carbocycles. The minimum absolute atomic E-state index is 0.0771. The molecule has 1 saturated carbocycles. The molecule has 0 bridgehead atoms. The van der Waals surface area contributed by atoms with E-state index >= 15 is 0 Å². The van der Waals surface area contributed by atoms with Crippen LogP contribution in [0.1, 0.15) is 48.9 Å². The first-order valence-corrected chi connectivity index (χ1v) is 7.94.